The zero-order valence-corrected chi connectivity index (χ0v) is 9.87. The number of hydrogen-bond donors (Lipinski definition) is 1. The van der Waals surface area contributed by atoms with Crippen LogP contribution in [0, 0.1) is 0 Å². The van der Waals surface area contributed by atoms with Gasteiger partial charge < -0.3 is 19.5 Å². The maximum absolute atomic E-state index is 10.7. The third-order valence-electron chi connectivity index (χ3n) is 1.68. The quantitative estimate of drug-likeness (QED) is 0.412. The summed E-state index contributed by atoms with van der Waals surface area (Å²) < 4.78 is 15.5. The van der Waals surface area contributed by atoms with Crippen molar-refractivity contribution < 1.29 is 19.0 Å². The van der Waals surface area contributed by atoms with E-state index in [1.807, 2.05) is 6.92 Å². The van der Waals surface area contributed by atoms with E-state index in [9.17, 15) is 4.79 Å². The molecule has 0 atom stereocenters. The van der Waals surface area contributed by atoms with Crippen molar-refractivity contribution in [2.45, 2.75) is 6.92 Å². The summed E-state index contributed by atoms with van der Waals surface area (Å²) in [5, 5.41) is 2.61. The van der Waals surface area contributed by atoms with Crippen molar-refractivity contribution in [3.8, 4) is 0 Å². The van der Waals surface area contributed by atoms with Crippen LogP contribution in [-0.4, -0.2) is 52.1 Å². The zero-order valence-electron chi connectivity index (χ0n) is 9.87. The Kier molecular flexibility index (Phi) is 11.5. The summed E-state index contributed by atoms with van der Waals surface area (Å²) in [5.74, 6) is -0.184. The minimum absolute atomic E-state index is 0.184. The maximum Gasteiger partial charge on any atom is 0.243 e. The number of amides is 1. The fourth-order valence-electron chi connectivity index (χ4n) is 0.903. The minimum Gasteiger partial charge on any atom is -0.379 e. The Labute approximate surface area is 96.8 Å². The Bertz CT molecular complexity index is 185. The molecule has 0 aliphatic rings. The van der Waals surface area contributed by atoms with Crippen LogP contribution < -0.4 is 5.32 Å². The van der Waals surface area contributed by atoms with Crippen LogP contribution >= 0.6 is 0 Å². The van der Waals surface area contributed by atoms with E-state index >= 15 is 0 Å². The van der Waals surface area contributed by atoms with E-state index in [0.717, 1.165) is 0 Å². The number of carbonyl (C=O) groups is 1. The largest absolute Gasteiger partial charge is 0.379 e. The lowest BCUT2D eigenvalue weighted by atomic mass is 10.5. The lowest BCUT2D eigenvalue weighted by molar-refractivity contribution is -0.116. The summed E-state index contributed by atoms with van der Waals surface area (Å²) in [7, 11) is 0. The van der Waals surface area contributed by atoms with E-state index in [4.69, 9.17) is 14.2 Å². The lowest BCUT2D eigenvalue weighted by Crippen LogP contribution is -2.25. The van der Waals surface area contributed by atoms with Gasteiger partial charge in [-0.05, 0) is 13.0 Å². The molecule has 0 fully saturated rings. The molecule has 0 aromatic rings. The number of ether oxygens (including phenoxy) is 3. The van der Waals surface area contributed by atoms with Crippen molar-refractivity contribution in [2.75, 3.05) is 46.2 Å². The first-order valence-corrected chi connectivity index (χ1v) is 5.44. The monoisotopic (exact) mass is 231 g/mol. The third-order valence-corrected chi connectivity index (χ3v) is 1.68. The molecule has 0 saturated carbocycles. The van der Waals surface area contributed by atoms with Gasteiger partial charge in [0.2, 0.25) is 5.91 Å². The van der Waals surface area contributed by atoms with Crippen molar-refractivity contribution in [1.29, 1.82) is 0 Å². The summed E-state index contributed by atoms with van der Waals surface area (Å²) in [6.45, 7) is 9.24. The fraction of sp³-hybridized carbons (Fsp3) is 0.727. The van der Waals surface area contributed by atoms with Crippen LogP contribution in [0.3, 0.4) is 0 Å². The maximum atomic E-state index is 10.7. The summed E-state index contributed by atoms with van der Waals surface area (Å²) in [5.41, 5.74) is 0. The first-order valence-electron chi connectivity index (χ1n) is 5.44. The summed E-state index contributed by atoms with van der Waals surface area (Å²) >= 11 is 0. The average Bonchev–Trinajstić information content (AvgIpc) is 2.31. The first kappa shape index (κ1) is 15.1. The first-order chi connectivity index (χ1) is 7.81. The highest BCUT2D eigenvalue weighted by Gasteiger charge is 1.93. The van der Waals surface area contributed by atoms with E-state index < -0.39 is 0 Å². The minimum atomic E-state index is -0.184. The Morgan fingerprint density at radius 3 is 2.25 bits per heavy atom. The van der Waals surface area contributed by atoms with Gasteiger partial charge in [-0.25, -0.2) is 0 Å². The second kappa shape index (κ2) is 12.2. The van der Waals surface area contributed by atoms with Crippen molar-refractivity contribution in [3.05, 3.63) is 12.7 Å². The Balaban J connectivity index is 2.98. The van der Waals surface area contributed by atoms with E-state index in [1.54, 1.807) is 0 Å². The molecule has 0 unspecified atom stereocenters. The summed E-state index contributed by atoms with van der Waals surface area (Å²) in [6, 6.07) is 0. The molecule has 1 amide bonds. The highest BCUT2D eigenvalue weighted by atomic mass is 16.5. The zero-order chi connectivity index (χ0) is 12.1. The molecule has 0 saturated heterocycles. The predicted molar refractivity (Wildman–Crippen MR) is 61.3 cm³/mol. The molecular weight excluding hydrogens is 210 g/mol. The average molecular weight is 231 g/mol. The van der Waals surface area contributed by atoms with Gasteiger partial charge in [-0.3, -0.25) is 4.79 Å². The molecule has 0 aromatic carbocycles. The Morgan fingerprint density at radius 2 is 1.69 bits per heavy atom. The molecule has 0 spiro atoms. The van der Waals surface area contributed by atoms with Crippen LogP contribution in [0.4, 0.5) is 0 Å². The summed E-state index contributed by atoms with van der Waals surface area (Å²) in [6.07, 6.45) is 1.23. The summed E-state index contributed by atoms with van der Waals surface area (Å²) in [4.78, 5) is 10.7. The van der Waals surface area contributed by atoms with Crippen LogP contribution in [-0.2, 0) is 19.0 Å². The Hall–Kier alpha value is -0.910. The molecule has 0 rings (SSSR count). The van der Waals surface area contributed by atoms with Gasteiger partial charge in [-0.15, -0.1) is 0 Å². The number of rotatable bonds is 11. The van der Waals surface area contributed by atoms with Gasteiger partial charge in [0.15, 0.2) is 0 Å². The highest BCUT2D eigenvalue weighted by Crippen LogP contribution is 1.80. The smallest absolute Gasteiger partial charge is 0.243 e. The highest BCUT2D eigenvalue weighted by molar-refractivity contribution is 5.86. The van der Waals surface area contributed by atoms with Crippen LogP contribution in [0.25, 0.3) is 0 Å². The van der Waals surface area contributed by atoms with E-state index in [2.05, 4.69) is 11.9 Å². The third kappa shape index (κ3) is 11.2. The van der Waals surface area contributed by atoms with Crippen LogP contribution in [0.2, 0.25) is 0 Å². The predicted octanol–water partition coefficient (Wildman–Crippen LogP) is 0.358. The molecular formula is C11H21NO4. The lowest BCUT2D eigenvalue weighted by Gasteiger charge is -2.06. The van der Waals surface area contributed by atoms with Crippen molar-refractivity contribution in [1.82, 2.24) is 5.32 Å². The molecule has 5 heteroatoms. The van der Waals surface area contributed by atoms with E-state index in [-0.39, 0.29) is 5.91 Å². The van der Waals surface area contributed by atoms with E-state index in [1.165, 1.54) is 6.08 Å². The molecule has 0 radical (unpaired) electrons. The molecule has 94 valence electrons. The van der Waals surface area contributed by atoms with Gasteiger partial charge in [-0.1, -0.05) is 6.58 Å². The normalized spacial score (nSPS) is 10.1. The van der Waals surface area contributed by atoms with Gasteiger partial charge in [0, 0.05) is 13.2 Å². The van der Waals surface area contributed by atoms with Gasteiger partial charge >= 0.3 is 0 Å². The number of nitrogens with one attached hydrogen (secondary N) is 1. The van der Waals surface area contributed by atoms with Gasteiger partial charge in [0.1, 0.15) is 0 Å². The molecule has 5 nitrogen and oxygen atoms in total. The van der Waals surface area contributed by atoms with Crippen LogP contribution in [0.1, 0.15) is 6.92 Å². The number of hydrogen-bond acceptors (Lipinski definition) is 4. The van der Waals surface area contributed by atoms with Crippen LogP contribution in [0.5, 0.6) is 0 Å². The second-order valence-electron chi connectivity index (χ2n) is 2.92. The standard InChI is InChI=1S/C11H21NO4/c1-3-11(13)12-5-6-15-9-10-16-8-7-14-4-2/h3H,1,4-10H2,2H3,(H,12,13). The van der Waals surface area contributed by atoms with Crippen molar-refractivity contribution >= 4 is 5.91 Å². The van der Waals surface area contributed by atoms with E-state index in [0.29, 0.717) is 46.2 Å². The SMILES string of the molecule is C=CC(=O)NCCOCCOCCOCC. The number of carbonyl (C=O) groups excluding carboxylic acids is 1. The topological polar surface area (TPSA) is 56.8 Å². The van der Waals surface area contributed by atoms with Crippen LogP contribution in [0.15, 0.2) is 12.7 Å². The van der Waals surface area contributed by atoms with Gasteiger partial charge in [-0.2, -0.15) is 0 Å². The molecule has 16 heavy (non-hydrogen) atoms. The molecule has 0 aromatic heterocycles. The molecule has 1 N–H and O–H groups in total. The molecule has 0 bridgehead atoms. The van der Waals surface area contributed by atoms with Crippen molar-refractivity contribution in [2.24, 2.45) is 0 Å². The van der Waals surface area contributed by atoms with Gasteiger partial charge in [0.05, 0.1) is 33.0 Å². The second-order valence-corrected chi connectivity index (χ2v) is 2.92. The van der Waals surface area contributed by atoms with Crippen molar-refractivity contribution in [3.63, 3.8) is 0 Å². The molecule has 0 aliphatic carbocycles. The molecule has 0 aliphatic heterocycles. The fourth-order valence-corrected chi connectivity index (χ4v) is 0.903. The Morgan fingerprint density at radius 1 is 1.12 bits per heavy atom. The van der Waals surface area contributed by atoms with Gasteiger partial charge in [0.25, 0.3) is 0 Å². The molecule has 0 heterocycles.